The van der Waals surface area contributed by atoms with Crippen LogP contribution in [0.1, 0.15) is 22.3 Å². The number of guanidine groups is 1. The van der Waals surface area contributed by atoms with Gasteiger partial charge in [0, 0.05) is 6.08 Å². The molecule has 1 amide bonds. The summed E-state index contributed by atoms with van der Waals surface area (Å²) < 4.78 is 0. The van der Waals surface area contributed by atoms with Crippen molar-refractivity contribution in [3.8, 4) is 0 Å². The van der Waals surface area contributed by atoms with E-state index in [1.807, 2.05) is 20.8 Å². The van der Waals surface area contributed by atoms with Crippen LogP contribution in [0.5, 0.6) is 0 Å². The van der Waals surface area contributed by atoms with E-state index < -0.39 is 5.91 Å². The van der Waals surface area contributed by atoms with E-state index in [0.29, 0.717) is 0 Å². The van der Waals surface area contributed by atoms with Gasteiger partial charge in [0.2, 0.25) is 0 Å². The molecular weight excluding hydrogens is 214 g/mol. The van der Waals surface area contributed by atoms with Crippen LogP contribution in [-0.4, -0.2) is 11.9 Å². The first-order chi connectivity index (χ1) is 7.90. The molecule has 4 N–H and O–H groups in total. The van der Waals surface area contributed by atoms with Crippen molar-refractivity contribution in [2.45, 2.75) is 20.8 Å². The smallest absolute Gasteiger partial charge is 0.272 e. The molecule has 0 bridgehead atoms. The fourth-order valence-corrected chi connectivity index (χ4v) is 1.77. The molecule has 0 spiro atoms. The molecule has 4 heteroatoms. The number of amides is 1. The summed E-state index contributed by atoms with van der Waals surface area (Å²) in [6, 6.07) is 4.13. The van der Waals surface area contributed by atoms with Crippen LogP contribution in [0, 0.1) is 20.8 Å². The number of hydrogen-bond acceptors (Lipinski definition) is 1. The highest BCUT2D eigenvalue weighted by Crippen LogP contribution is 2.17. The molecule has 0 unspecified atom stereocenters. The minimum atomic E-state index is -0.454. The zero-order chi connectivity index (χ0) is 13.0. The van der Waals surface area contributed by atoms with E-state index in [0.717, 1.165) is 16.7 Å². The molecule has 0 aromatic heterocycles. The number of aryl methyl sites for hydroxylation is 3. The minimum absolute atomic E-state index is 0.225. The van der Waals surface area contributed by atoms with Gasteiger partial charge in [-0.3, -0.25) is 4.79 Å². The Morgan fingerprint density at radius 3 is 2.18 bits per heavy atom. The number of nitrogens with two attached hydrogens (primary N) is 2. The van der Waals surface area contributed by atoms with Crippen molar-refractivity contribution in [3.05, 3.63) is 40.5 Å². The highest BCUT2D eigenvalue weighted by atomic mass is 16.1. The van der Waals surface area contributed by atoms with E-state index >= 15 is 0 Å². The molecule has 0 aliphatic heterocycles. The van der Waals surface area contributed by atoms with Gasteiger partial charge in [0.15, 0.2) is 5.96 Å². The van der Waals surface area contributed by atoms with E-state index in [-0.39, 0.29) is 5.96 Å². The predicted octanol–water partition coefficient (Wildman–Crippen LogP) is 1.43. The Labute approximate surface area is 101 Å². The lowest BCUT2D eigenvalue weighted by Crippen LogP contribution is -2.23. The monoisotopic (exact) mass is 231 g/mol. The average molecular weight is 231 g/mol. The van der Waals surface area contributed by atoms with E-state index in [9.17, 15) is 4.79 Å². The van der Waals surface area contributed by atoms with Crippen molar-refractivity contribution in [2.75, 3.05) is 0 Å². The number of rotatable bonds is 2. The lowest BCUT2D eigenvalue weighted by Gasteiger charge is -2.06. The van der Waals surface area contributed by atoms with Crippen molar-refractivity contribution in [1.82, 2.24) is 0 Å². The first-order valence-corrected chi connectivity index (χ1v) is 5.29. The lowest BCUT2D eigenvalue weighted by molar-refractivity contribution is -0.113. The Morgan fingerprint density at radius 2 is 1.71 bits per heavy atom. The van der Waals surface area contributed by atoms with Gasteiger partial charge in [-0.1, -0.05) is 17.7 Å². The second kappa shape index (κ2) is 5.30. The second-order valence-electron chi connectivity index (χ2n) is 4.02. The molecule has 17 heavy (non-hydrogen) atoms. The maximum absolute atomic E-state index is 11.3. The minimum Gasteiger partial charge on any atom is -0.370 e. The maximum Gasteiger partial charge on any atom is 0.272 e. The topological polar surface area (TPSA) is 81.5 Å². The summed E-state index contributed by atoms with van der Waals surface area (Å²) in [5.74, 6) is -0.679. The molecule has 0 aliphatic carbocycles. The Bertz CT molecular complexity index is 474. The number of hydrogen-bond donors (Lipinski definition) is 2. The summed E-state index contributed by atoms with van der Waals surface area (Å²) in [5, 5.41) is 0. The summed E-state index contributed by atoms with van der Waals surface area (Å²) in [4.78, 5) is 14.7. The van der Waals surface area contributed by atoms with Crippen LogP contribution in [-0.2, 0) is 4.79 Å². The van der Waals surface area contributed by atoms with Crippen molar-refractivity contribution >= 4 is 17.9 Å². The summed E-state index contributed by atoms with van der Waals surface area (Å²) in [7, 11) is 0. The molecule has 0 atom stereocenters. The molecule has 1 aromatic rings. The number of benzene rings is 1. The van der Waals surface area contributed by atoms with Gasteiger partial charge in [0.05, 0.1) is 0 Å². The molecule has 0 radical (unpaired) electrons. The van der Waals surface area contributed by atoms with Crippen LogP contribution >= 0.6 is 0 Å². The van der Waals surface area contributed by atoms with Gasteiger partial charge in [-0.15, -0.1) is 0 Å². The average Bonchev–Trinajstić information content (AvgIpc) is 2.14. The van der Waals surface area contributed by atoms with E-state index in [2.05, 4.69) is 17.1 Å². The summed E-state index contributed by atoms with van der Waals surface area (Å²) in [6.45, 7) is 6.05. The molecule has 1 aromatic carbocycles. The third-order valence-corrected chi connectivity index (χ3v) is 2.37. The molecule has 0 saturated carbocycles. The Kier molecular flexibility index (Phi) is 4.04. The first-order valence-electron chi connectivity index (χ1n) is 5.29. The van der Waals surface area contributed by atoms with Gasteiger partial charge in [-0.2, -0.15) is 4.99 Å². The summed E-state index contributed by atoms with van der Waals surface area (Å²) in [5.41, 5.74) is 14.7. The Balaban J connectivity index is 3.00. The van der Waals surface area contributed by atoms with E-state index in [1.165, 1.54) is 11.6 Å². The van der Waals surface area contributed by atoms with Gasteiger partial charge >= 0.3 is 0 Å². The summed E-state index contributed by atoms with van der Waals surface area (Å²) >= 11 is 0. The van der Waals surface area contributed by atoms with E-state index in [4.69, 9.17) is 11.5 Å². The van der Waals surface area contributed by atoms with Gasteiger partial charge in [0.1, 0.15) is 0 Å². The predicted molar refractivity (Wildman–Crippen MR) is 70.5 cm³/mol. The van der Waals surface area contributed by atoms with Gasteiger partial charge < -0.3 is 11.5 Å². The van der Waals surface area contributed by atoms with Crippen LogP contribution < -0.4 is 11.5 Å². The first kappa shape index (κ1) is 13.0. The fraction of sp³-hybridized carbons (Fsp3) is 0.231. The molecule has 4 nitrogen and oxygen atoms in total. The molecule has 1 rings (SSSR count). The van der Waals surface area contributed by atoms with Crippen LogP contribution in [0.15, 0.2) is 23.2 Å². The largest absolute Gasteiger partial charge is 0.370 e. The SMILES string of the molecule is Cc1cc(C)c(C=CC(=O)N=C(N)N)c(C)c1. The molecule has 0 aliphatic rings. The molecule has 0 heterocycles. The molecular formula is C13H17N3O. The number of aliphatic imine (C=N–C) groups is 1. The van der Waals surface area contributed by atoms with Gasteiger partial charge in [-0.05, 0) is 43.5 Å². The highest BCUT2D eigenvalue weighted by Gasteiger charge is 2.01. The van der Waals surface area contributed by atoms with Gasteiger partial charge in [-0.25, -0.2) is 0 Å². The molecule has 0 saturated heterocycles. The van der Waals surface area contributed by atoms with Crippen LogP contribution in [0.3, 0.4) is 0 Å². The Morgan fingerprint density at radius 1 is 1.18 bits per heavy atom. The molecule has 0 fully saturated rings. The number of carbonyl (C=O) groups is 1. The van der Waals surface area contributed by atoms with Crippen LogP contribution in [0.4, 0.5) is 0 Å². The summed E-state index contributed by atoms with van der Waals surface area (Å²) in [6.07, 6.45) is 3.10. The fourth-order valence-electron chi connectivity index (χ4n) is 1.77. The molecule has 90 valence electrons. The third kappa shape index (κ3) is 3.75. The van der Waals surface area contributed by atoms with Crippen molar-refractivity contribution in [1.29, 1.82) is 0 Å². The standard InChI is InChI=1S/C13H17N3O/c1-8-6-9(2)11(10(3)7-8)4-5-12(17)16-13(14)15/h4-7H,1-3H3,(H4,14,15,16,17). The van der Waals surface area contributed by atoms with E-state index in [1.54, 1.807) is 6.08 Å². The normalized spacial score (nSPS) is 10.5. The maximum atomic E-state index is 11.3. The van der Waals surface area contributed by atoms with Crippen molar-refractivity contribution in [3.63, 3.8) is 0 Å². The highest BCUT2D eigenvalue weighted by molar-refractivity contribution is 6.00. The lowest BCUT2D eigenvalue weighted by atomic mass is 9.99. The quantitative estimate of drug-likeness (QED) is 0.459. The third-order valence-electron chi connectivity index (χ3n) is 2.37. The number of carbonyl (C=O) groups excluding carboxylic acids is 1. The van der Waals surface area contributed by atoms with Crippen LogP contribution in [0.2, 0.25) is 0 Å². The Hall–Kier alpha value is -2.10. The second-order valence-corrected chi connectivity index (χ2v) is 4.02. The zero-order valence-electron chi connectivity index (χ0n) is 10.3. The van der Waals surface area contributed by atoms with Crippen LogP contribution in [0.25, 0.3) is 6.08 Å². The van der Waals surface area contributed by atoms with Crippen molar-refractivity contribution in [2.24, 2.45) is 16.5 Å². The van der Waals surface area contributed by atoms with Crippen molar-refractivity contribution < 1.29 is 4.79 Å². The van der Waals surface area contributed by atoms with Gasteiger partial charge in [0.25, 0.3) is 5.91 Å². The number of nitrogens with zero attached hydrogens (tertiary/aromatic N) is 1. The zero-order valence-corrected chi connectivity index (χ0v) is 10.3.